The van der Waals surface area contributed by atoms with E-state index in [1.165, 1.54) is 25.3 Å². The number of fused-ring (bicyclic) bond motifs is 3. The van der Waals surface area contributed by atoms with Crippen LogP contribution < -0.4 is 19.6 Å². The molecule has 0 radical (unpaired) electrons. The van der Waals surface area contributed by atoms with Crippen molar-refractivity contribution in [3.63, 3.8) is 0 Å². The molecule has 8 heteroatoms. The van der Waals surface area contributed by atoms with Crippen molar-refractivity contribution in [1.82, 2.24) is 0 Å². The van der Waals surface area contributed by atoms with Crippen LogP contribution in [0, 0.1) is 0 Å². The lowest BCUT2D eigenvalue weighted by atomic mass is 9.84. The highest BCUT2D eigenvalue weighted by molar-refractivity contribution is 5.93. The first-order chi connectivity index (χ1) is 17.8. The van der Waals surface area contributed by atoms with Gasteiger partial charge in [0, 0.05) is 34.7 Å². The van der Waals surface area contributed by atoms with E-state index in [-0.39, 0.29) is 52.8 Å². The Labute approximate surface area is 212 Å². The number of carbonyl (C=O) groups excluding carboxylic acids is 1. The topological polar surface area (TPSA) is 115 Å². The van der Waals surface area contributed by atoms with Gasteiger partial charge in [0.1, 0.15) is 40.6 Å². The van der Waals surface area contributed by atoms with Crippen LogP contribution in [0.4, 0.5) is 0 Å². The molecule has 4 aromatic rings. The summed E-state index contributed by atoms with van der Waals surface area (Å²) in [4.78, 5) is 25.8. The van der Waals surface area contributed by atoms with Gasteiger partial charge in [0.2, 0.25) is 0 Å². The third-order valence-electron chi connectivity index (χ3n) is 6.16. The lowest BCUT2D eigenvalue weighted by molar-refractivity contribution is -0.135. The molecule has 1 aromatic heterocycles. The first-order valence-electron chi connectivity index (χ1n) is 11.5. The number of ether oxygens (including phenoxy) is 3. The Balaban J connectivity index is 1.76. The largest absolute Gasteiger partial charge is 0.507 e. The molecule has 0 fully saturated rings. The molecular weight excluding hydrogens is 476 g/mol. The maximum absolute atomic E-state index is 13.2. The summed E-state index contributed by atoms with van der Waals surface area (Å²) >= 11 is 0. The van der Waals surface area contributed by atoms with Crippen molar-refractivity contribution >= 4 is 16.9 Å². The van der Waals surface area contributed by atoms with E-state index in [0.29, 0.717) is 22.4 Å². The van der Waals surface area contributed by atoms with E-state index in [2.05, 4.69) is 6.58 Å². The van der Waals surface area contributed by atoms with Gasteiger partial charge >= 0.3 is 5.97 Å². The molecule has 3 aromatic carbocycles. The number of carbonyl (C=O) groups is 1. The minimum absolute atomic E-state index is 0.0302. The molecule has 0 saturated carbocycles. The fraction of sp³-hybridized carbons (Fsp3) is 0.172. The molecule has 0 saturated heterocycles. The molecule has 1 aliphatic rings. The van der Waals surface area contributed by atoms with Crippen molar-refractivity contribution in [3.8, 4) is 40.1 Å². The predicted molar refractivity (Wildman–Crippen MR) is 137 cm³/mol. The van der Waals surface area contributed by atoms with Crippen LogP contribution in [0.3, 0.4) is 0 Å². The summed E-state index contributed by atoms with van der Waals surface area (Å²) in [6, 6.07) is 14.4. The van der Waals surface area contributed by atoms with Gasteiger partial charge in [0.25, 0.3) is 0 Å². The molecule has 188 valence electrons. The zero-order valence-corrected chi connectivity index (χ0v) is 20.2. The van der Waals surface area contributed by atoms with Crippen LogP contribution >= 0.6 is 0 Å². The van der Waals surface area contributed by atoms with Crippen LogP contribution in [0.15, 0.2) is 76.0 Å². The summed E-state index contributed by atoms with van der Waals surface area (Å²) < 4.78 is 22.7. The van der Waals surface area contributed by atoms with Crippen LogP contribution in [-0.2, 0) is 4.79 Å². The van der Waals surface area contributed by atoms with Gasteiger partial charge in [-0.25, -0.2) is 0 Å². The first-order valence-corrected chi connectivity index (χ1v) is 11.5. The van der Waals surface area contributed by atoms with E-state index in [4.69, 9.17) is 18.6 Å². The molecule has 0 spiro atoms. The third-order valence-corrected chi connectivity index (χ3v) is 6.16. The number of phenols is 2. The van der Waals surface area contributed by atoms with Gasteiger partial charge in [-0.2, -0.15) is 0 Å². The summed E-state index contributed by atoms with van der Waals surface area (Å²) in [6.45, 7) is 6.01. The van der Waals surface area contributed by atoms with Crippen LogP contribution in [0.5, 0.6) is 28.7 Å². The fourth-order valence-corrected chi connectivity index (χ4v) is 4.51. The van der Waals surface area contributed by atoms with Gasteiger partial charge in [-0.3, -0.25) is 9.59 Å². The van der Waals surface area contributed by atoms with Crippen molar-refractivity contribution in [2.24, 2.45) is 0 Å². The number of methoxy groups -OCH3 is 1. The van der Waals surface area contributed by atoms with Crippen molar-refractivity contribution in [2.75, 3.05) is 13.7 Å². The fourth-order valence-electron chi connectivity index (χ4n) is 4.51. The molecular formula is C29H24O8. The number of esters is 1. The summed E-state index contributed by atoms with van der Waals surface area (Å²) in [5.74, 6) is -0.503. The molecule has 8 nitrogen and oxygen atoms in total. The van der Waals surface area contributed by atoms with Crippen LogP contribution in [-0.4, -0.2) is 29.9 Å². The summed E-state index contributed by atoms with van der Waals surface area (Å²) in [5.41, 5.74) is 1.98. The number of benzene rings is 3. The summed E-state index contributed by atoms with van der Waals surface area (Å²) in [7, 11) is 1.43. The first kappa shape index (κ1) is 24.0. The minimum Gasteiger partial charge on any atom is -0.507 e. The monoisotopic (exact) mass is 500 g/mol. The van der Waals surface area contributed by atoms with Crippen molar-refractivity contribution < 1.29 is 33.6 Å². The molecule has 2 N–H and O–H groups in total. The maximum atomic E-state index is 13.2. The normalized spacial score (nSPS) is 14.6. The number of phenolic OH excluding ortho intramolecular Hbond substituents is 2. The second-order valence-corrected chi connectivity index (χ2v) is 8.89. The average Bonchev–Trinajstić information content (AvgIpc) is 2.86. The van der Waals surface area contributed by atoms with Gasteiger partial charge in [-0.05, 0) is 36.8 Å². The predicted octanol–water partition coefficient (Wildman–Crippen LogP) is 5.28. The van der Waals surface area contributed by atoms with E-state index >= 15 is 0 Å². The number of hydrogen-bond donors (Lipinski definition) is 2. The third kappa shape index (κ3) is 4.38. The van der Waals surface area contributed by atoms with E-state index in [1.807, 2.05) is 25.1 Å². The molecule has 5 rings (SSSR count). The van der Waals surface area contributed by atoms with Gasteiger partial charge in [-0.1, -0.05) is 24.8 Å². The van der Waals surface area contributed by atoms with Gasteiger partial charge in [-0.15, -0.1) is 0 Å². The smallest absolute Gasteiger partial charge is 0.312 e. The Kier molecular flexibility index (Phi) is 6.09. The van der Waals surface area contributed by atoms with Crippen molar-refractivity contribution in [2.45, 2.75) is 19.3 Å². The Hall–Kier alpha value is -4.72. The van der Waals surface area contributed by atoms with Crippen molar-refractivity contribution in [3.05, 3.63) is 88.1 Å². The number of rotatable bonds is 6. The van der Waals surface area contributed by atoms with E-state index in [9.17, 15) is 19.8 Å². The van der Waals surface area contributed by atoms with Gasteiger partial charge < -0.3 is 28.8 Å². The highest BCUT2D eigenvalue weighted by atomic mass is 16.5. The molecule has 0 aliphatic carbocycles. The highest BCUT2D eigenvalue weighted by Crippen LogP contribution is 2.48. The van der Waals surface area contributed by atoms with E-state index < -0.39 is 17.3 Å². The standard InChI is InChI=1S/C29H24O8/c1-15(2)14-35-22-7-5-4-6-17(22)18-11-26(33)36-25-13-21(32)28-20(31)12-24(37-29(28)27(18)25)16-8-9-23(34-3)19(30)10-16/h4-10,12-13,18,30,32H,1,11,14H2,2-3H3. The number of para-hydroxylation sites is 1. The lowest BCUT2D eigenvalue weighted by Gasteiger charge is -2.27. The highest BCUT2D eigenvalue weighted by Gasteiger charge is 2.35. The summed E-state index contributed by atoms with van der Waals surface area (Å²) in [6.07, 6.45) is -0.0302. The van der Waals surface area contributed by atoms with Gasteiger partial charge in [0.15, 0.2) is 16.9 Å². The molecule has 1 atom stereocenters. The minimum atomic E-state index is -0.580. The Morgan fingerprint density at radius 1 is 1.05 bits per heavy atom. The lowest BCUT2D eigenvalue weighted by Crippen LogP contribution is -2.22. The zero-order chi connectivity index (χ0) is 26.3. The number of aromatic hydroxyl groups is 2. The quantitative estimate of drug-likeness (QED) is 0.209. The van der Waals surface area contributed by atoms with Gasteiger partial charge in [0.05, 0.1) is 13.5 Å². The van der Waals surface area contributed by atoms with Crippen molar-refractivity contribution in [1.29, 1.82) is 0 Å². The molecule has 0 amide bonds. The van der Waals surface area contributed by atoms with Crippen LogP contribution in [0.25, 0.3) is 22.3 Å². The second kappa shape index (κ2) is 9.39. The van der Waals surface area contributed by atoms with E-state index in [1.54, 1.807) is 18.2 Å². The molecule has 2 heterocycles. The average molecular weight is 501 g/mol. The Morgan fingerprint density at radius 2 is 1.84 bits per heavy atom. The zero-order valence-electron chi connectivity index (χ0n) is 20.2. The van der Waals surface area contributed by atoms with E-state index in [0.717, 1.165) is 5.57 Å². The second-order valence-electron chi connectivity index (χ2n) is 8.89. The molecule has 1 aliphatic heterocycles. The number of hydrogen-bond acceptors (Lipinski definition) is 8. The maximum Gasteiger partial charge on any atom is 0.312 e. The Morgan fingerprint density at radius 3 is 2.57 bits per heavy atom. The summed E-state index contributed by atoms with van der Waals surface area (Å²) in [5, 5.41) is 20.9. The Bertz CT molecular complexity index is 1610. The molecule has 0 bridgehead atoms. The van der Waals surface area contributed by atoms with Crippen LogP contribution in [0.1, 0.15) is 30.4 Å². The SMILES string of the molecule is C=C(C)COc1ccccc1C1CC(=O)Oc2cc(O)c3c(=O)cc(-c4ccc(OC)c(O)c4)oc3c21. The van der Waals surface area contributed by atoms with Crippen LogP contribution in [0.2, 0.25) is 0 Å². The molecule has 37 heavy (non-hydrogen) atoms. The molecule has 1 unspecified atom stereocenters.